The van der Waals surface area contributed by atoms with Crippen molar-refractivity contribution in [2.75, 3.05) is 0 Å². The standard InChI is InChI=1S/C9H13N5S/c1-5-11-12-9-14(5)13-8(15-9)4-7(10)6-2-3-6/h6-7H,2-4,10H2,1H3. The maximum Gasteiger partial charge on any atom is 0.234 e. The summed E-state index contributed by atoms with van der Waals surface area (Å²) in [6.07, 6.45) is 3.44. The first kappa shape index (κ1) is 9.23. The van der Waals surface area contributed by atoms with E-state index in [4.69, 9.17) is 5.73 Å². The van der Waals surface area contributed by atoms with Gasteiger partial charge >= 0.3 is 0 Å². The molecule has 2 aromatic heterocycles. The van der Waals surface area contributed by atoms with E-state index >= 15 is 0 Å². The second-order valence-corrected chi connectivity index (χ2v) is 5.18. The molecule has 0 radical (unpaired) electrons. The van der Waals surface area contributed by atoms with Gasteiger partial charge in [-0.25, -0.2) is 0 Å². The first-order valence-electron chi connectivity index (χ1n) is 5.17. The smallest absolute Gasteiger partial charge is 0.234 e. The van der Waals surface area contributed by atoms with Gasteiger partial charge in [0.05, 0.1) is 0 Å². The number of hydrogen-bond donors (Lipinski definition) is 1. The van der Waals surface area contributed by atoms with Gasteiger partial charge in [-0.1, -0.05) is 11.3 Å². The molecule has 1 aliphatic rings. The molecule has 5 nitrogen and oxygen atoms in total. The highest BCUT2D eigenvalue weighted by Gasteiger charge is 2.29. The zero-order valence-electron chi connectivity index (χ0n) is 8.55. The van der Waals surface area contributed by atoms with Crippen LogP contribution < -0.4 is 5.73 Å². The molecule has 0 saturated heterocycles. The largest absolute Gasteiger partial charge is 0.327 e. The molecular formula is C9H13N5S. The molecule has 0 aliphatic heterocycles. The minimum atomic E-state index is 0.272. The Morgan fingerprint density at radius 3 is 3.00 bits per heavy atom. The lowest BCUT2D eigenvalue weighted by atomic mass is 10.1. The highest BCUT2D eigenvalue weighted by molar-refractivity contribution is 7.16. The van der Waals surface area contributed by atoms with Crippen LogP contribution in [0.15, 0.2) is 0 Å². The lowest BCUT2D eigenvalue weighted by Crippen LogP contribution is -2.25. The molecule has 1 aliphatic carbocycles. The van der Waals surface area contributed by atoms with Crippen molar-refractivity contribution in [3.05, 3.63) is 10.8 Å². The Kier molecular flexibility index (Phi) is 2.00. The molecule has 2 aromatic rings. The zero-order chi connectivity index (χ0) is 10.4. The molecule has 2 N–H and O–H groups in total. The Hall–Kier alpha value is -1.01. The molecule has 80 valence electrons. The van der Waals surface area contributed by atoms with Gasteiger partial charge in [0, 0.05) is 12.5 Å². The van der Waals surface area contributed by atoms with Gasteiger partial charge in [-0.2, -0.15) is 9.61 Å². The van der Waals surface area contributed by atoms with Crippen LogP contribution in [0.1, 0.15) is 23.7 Å². The van der Waals surface area contributed by atoms with Crippen LogP contribution in [0.5, 0.6) is 0 Å². The fourth-order valence-corrected chi connectivity index (χ4v) is 2.68. The van der Waals surface area contributed by atoms with Crippen molar-refractivity contribution >= 4 is 16.3 Å². The van der Waals surface area contributed by atoms with Gasteiger partial charge in [-0.05, 0) is 25.7 Å². The predicted molar refractivity (Wildman–Crippen MR) is 57.8 cm³/mol. The molecule has 2 heterocycles. The SMILES string of the molecule is Cc1nnc2sc(CC(N)C3CC3)nn12. The molecule has 1 fully saturated rings. The second kappa shape index (κ2) is 3.24. The van der Waals surface area contributed by atoms with Crippen LogP contribution in [0.2, 0.25) is 0 Å². The molecule has 0 spiro atoms. The van der Waals surface area contributed by atoms with E-state index in [-0.39, 0.29) is 6.04 Å². The summed E-state index contributed by atoms with van der Waals surface area (Å²) in [6, 6.07) is 0.272. The summed E-state index contributed by atoms with van der Waals surface area (Å²) >= 11 is 1.59. The third-order valence-electron chi connectivity index (χ3n) is 2.83. The van der Waals surface area contributed by atoms with E-state index in [9.17, 15) is 0 Å². The maximum atomic E-state index is 6.06. The van der Waals surface area contributed by atoms with Crippen molar-refractivity contribution in [1.29, 1.82) is 0 Å². The van der Waals surface area contributed by atoms with Crippen molar-refractivity contribution < 1.29 is 0 Å². The lowest BCUT2D eigenvalue weighted by molar-refractivity contribution is 0.585. The summed E-state index contributed by atoms with van der Waals surface area (Å²) in [5.41, 5.74) is 6.06. The summed E-state index contributed by atoms with van der Waals surface area (Å²) < 4.78 is 1.79. The van der Waals surface area contributed by atoms with Gasteiger partial charge in [-0.15, -0.1) is 10.2 Å². The molecule has 0 bridgehead atoms. The van der Waals surface area contributed by atoms with Crippen LogP contribution in [-0.4, -0.2) is 25.9 Å². The van der Waals surface area contributed by atoms with Crippen molar-refractivity contribution in [3.63, 3.8) is 0 Å². The number of aromatic nitrogens is 4. The first-order valence-corrected chi connectivity index (χ1v) is 5.99. The van der Waals surface area contributed by atoms with Gasteiger partial charge in [0.1, 0.15) is 5.01 Å². The Bertz CT molecular complexity index is 484. The minimum absolute atomic E-state index is 0.272. The van der Waals surface area contributed by atoms with Crippen LogP contribution >= 0.6 is 11.3 Å². The quantitative estimate of drug-likeness (QED) is 0.834. The van der Waals surface area contributed by atoms with Crippen molar-refractivity contribution in [2.45, 2.75) is 32.2 Å². The highest BCUT2D eigenvalue weighted by atomic mass is 32.1. The highest BCUT2D eigenvalue weighted by Crippen LogP contribution is 2.33. The number of nitrogens with two attached hydrogens (primary N) is 1. The van der Waals surface area contributed by atoms with E-state index in [0.717, 1.165) is 28.1 Å². The monoisotopic (exact) mass is 223 g/mol. The summed E-state index contributed by atoms with van der Waals surface area (Å²) in [7, 11) is 0. The fourth-order valence-electron chi connectivity index (χ4n) is 1.73. The summed E-state index contributed by atoms with van der Waals surface area (Å²) in [5.74, 6) is 1.56. The molecule has 6 heteroatoms. The average molecular weight is 223 g/mol. The van der Waals surface area contributed by atoms with E-state index in [1.165, 1.54) is 12.8 Å². The van der Waals surface area contributed by atoms with E-state index in [1.54, 1.807) is 15.9 Å². The van der Waals surface area contributed by atoms with Crippen molar-refractivity contribution in [1.82, 2.24) is 19.8 Å². The Labute approximate surface area is 91.3 Å². The molecule has 15 heavy (non-hydrogen) atoms. The fraction of sp³-hybridized carbons (Fsp3) is 0.667. The Balaban J connectivity index is 1.84. The van der Waals surface area contributed by atoms with Gasteiger partial charge in [0.25, 0.3) is 0 Å². The number of nitrogens with zero attached hydrogens (tertiary/aromatic N) is 4. The van der Waals surface area contributed by atoms with E-state index in [2.05, 4.69) is 15.3 Å². The Morgan fingerprint density at radius 2 is 2.33 bits per heavy atom. The van der Waals surface area contributed by atoms with Crippen LogP contribution in [-0.2, 0) is 6.42 Å². The van der Waals surface area contributed by atoms with Gasteiger partial charge in [-0.3, -0.25) is 0 Å². The molecule has 1 atom stereocenters. The molecule has 0 amide bonds. The van der Waals surface area contributed by atoms with E-state index < -0.39 is 0 Å². The number of rotatable bonds is 3. The summed E-state index contributed by atoms with van der Waals surface area (Å²) in [4.78, 5) is 0.866. The maximum absolute atomic E-state index is 6.06. The third-order valence-corrected chi connectivity index (χ3v) is 3.75. The van der Waals surface area contributed by atoms with Crippen molar-refractivity contribution in [3.8, 4) is 0 Å². The Morgan fingerprint density at radius 1 is 1.53 bits per heavy atom. The average Bonchev–Trinajstić information content (AvgIpc) is 2.90. The first-order chi connectivity index (χ1) is 7.24. The summed E-state index contributed by atoms with van der Waals surface area (Å²) in [6.45, 7) is 1.91. The molecule has 1 unspecified atom stereocenters. The molecule has 3 rings (SSSR count). The van der Waals surface area contributed by atoms with Crippen LogP contribution in [0.4, 0.5) is 0 Å². The van der Waals surface area contributed by atoms with Crippen LogP contribution in [0.3, 0.4) is 0 Å². The predicted octanol–water partition coefficient (Wildman–Crippen LogP) is 0.774. The van der Waals surface area contributed by atoms with Crippen LogP contribution in [0, 0.1) is 12.8 Å². The van der Waals surface area contributed by atoms with Crippen molar-refractivity contribution in [2.24, 2.45) is 11.7 Å². The topological polar surface area (TPSA) is 69.1 Å². The molecule has 1 saturated carbocycles. The molecular weight excluding hydrogens is 210 g/mol. The number of aryl methyl sites for hydroxylation is 1. The third kappa shape index (κ3) is 1.63. The summed E-state index contributed by atoms with van der Waals surface area (Å²) in [5, 5.41) is 13.5. The minimum Gasteiger partial charge on any atom is -0.327 e. The van der Waals surface area contributed by atoms with Gasteiger partial charge in [0.15, 0.2) is 5.82 Å². The van der Waals surface area contributed by atoms with Gasteiger partial charge in [0.2, 0.25) is 4.96 Å². The zero-order valence-corrected chi connectivity index (χ0v) is 9.37. The van der Waals surface area contributed by atoms with E-state index in [0.29, 0.717) is 0 Å². The van der Waals surface area contributed by atoms with Crippen LogP contribution in [0.25, 0.3) is 4.96 Å². The molecule has 0 aromatic carbocycles. The second-order valence-electron chi connectivity index (χ2n) is 4.14. The number of hydrogen-bond acceptors (Lipinski definition) is 5. The number of fused-ring (bicyclic) bond motifs is 1. The lowest BCUT2D eigenvalue weighted by Gasteiger charge is -2.05. The van der Waals surface area contributed by atoms with E-state index in [1.807, 2.05) is 6.92 Å². The van der Waals surface area contributed by atoms with Gasteiger partial charge < -0.3 is 5.73 Å². The normalized spacial score (nSPS) is 18.5.